The number of fused-ring (bicyclic) bond motifs is 1. The molecule has 2 amide bonds. The van der Waals surface area contributed by atoms with Gasteiger partial charge in [-0.15, -0.1) is 0 Å². The zero-order valence-corrected chi connectivity index (χ0v) is 17.1. The third-order valence-corrected chi connectivity index (χ3v) is 7.42. The number of anilines is 1. The van der Waals surface area contributed by atoms with Crippen molar-refractivity contribution in [1.82, 2.24) is 4.90 Å². The van der Waals surface area contributed by atoms with Crippen LogP contribution >= 0.6 is 11.8 Å². The lowest BCUT2D eigenvalue weighted by atomic mass is 9.80. The first kappa shape index (κ1) is 21.1. The van der Waals surface area contributed by atoms with E-state index in [2.05, 4.69) is 10.3 Å². The molecule has 1 aromatic rings. The second-order valence-electron chi connectivity index (χ2n) is 8.04. The molecule has 2 heterocycles. The van der Waals surface area contributed by atoms with E-state index in [4.69, 9.17) is 5.73 Å². The number of carbonyl (C=O) groups excluding carboxylic acids is 2. The average molecular weight is 437 g/mol. The SMILES string of the molecule is NC(=O)C1CCN(C(=O)[C@H]2C[C@@H](O)[C@H](O)[C@H]3N=C(Nc4ccc(F)cc4)S[C@@H]32)CC1. The molecule has 10 heteroatoms. The standard InChI is InChI=1S/C20H25FN4O4S/c21-11-1-3-12(4-2-11)23-20-24-15-16(27)14(26)9-13(17(15)30-20)19(29)25-7-5-10(6-8-25)18(22)28/h1-4,10,13-17,26-27H,5-9H2,(H2,22,28)(H,23,24)/t13-,14+,15+,16-,17+/m0/s1. The molecule has 162 valence electrons. The summed E-state index contributed by atoms with van der Waals surface area (Å²) < 4.78 is 13.1. The maximum absolute atomic E-state index is 13.2. The number of amidine groups is 1. The molecule has 4 rings (SSSR count). The number of aliphatic imine (C=N–C) groups is 1. The first-order valence-corrected chi connectivity index (χ1v) is 10.9. The molecule has 1 saturated carbocycles. The molecule has 5 N–H and O–H groups in total. The van der Waals surface area contributed by atoms with Gasteiger partial charge in [-0.2, -0.15) is 0 Å². The van der Waals surface area contributed by atoms with Crippen molar-refractivity contribution >= 4 is 34.4 Å². The highest BCUT2D eigenvalue weighted by atomic mass is 32.2. The van der Waals surface area contributed by atoms with E-state index in [9.17, 15) is 24.2 Å². The van der Waals surface area contributed by atoms with Crippen LogP contribution in [-0.2, 0) is 9.59 Å². The first-order valence-electron chi connectivity index (χ1n) is 10.0. The Bertz CT molecular complexity index is 844. The normalized spacial score (nSPS) is 31.8. The summed E-state index contributed by atoms with van der Waals surface area (Å²) in [5.41, 5.74) is 6.02. The van der Waals surface area contributed by atoms with Crippen molar-refractivity contribution in [2.45, 2.75) is 42.8 Å². The van der Waals surface area contributed by atoms with Crippen LogP contribution in [0.5, 0.6) is 0 Å². The number of benzene rings is 1. The van der Waals surface area contributed by atoms with Crippen LogP contribution < -0.4 is 11.1 Å². The van der Waals surface area contributed by atoms with Crippen LogP contribution in [0.15, 0.2) is 29.3 Å². The summed E-state index contributed by atoms with van der Waals surface area (Å²) in [7, 11) is 0. The Morgan fingerprint density at radius 1 is 1.20 bits per heavy atom. The van der Waals surface area contributed by atoms with Crippen LogP contribution in [0.3, 0.4) is 0 Å². The number of aliphatic hydroxyl groups is 2. The van der Waals surface area contributed by atoms with E-state index in [0.29, 0.717) is 36.8 Å². The lowest BCUT2D eigenvalue weighted by molar-refractivity contribution is -0.142. The second-order valence-corrected chi connectivity index (χ2v) is 9.21. The van der Waals surface area contributed by atoms with Crippen LogP contribution in [-0.4, -0.2) is 68.7 Å². The number of aliphatic hydroxyl groups excluding tert-OH is 2. The van der Waals surface area contributed by atoms with Crippen molar-refractivity contribution in [3.63, 3.8) is 0 Å². The molecule has 2 aliphatic heterocycles. The van der Waals surface area contributed by atoms with E-state index in [1.54, 1.807) is 17.0 Å². The predicted octanol–water partition coefficient (Wildman–Crippen LogP) is 0.543. The smallest absolute Gasteiger partial charge is 0.227 e. The predicted molar refractivity (Wildman–Crippen MR) is 111 cm³/mol. The summed E-state index contributed by atoms with van der Waals surface area (Å²) in [6, 6.07) is 5.21. The topological polar surface area (TPSA) is 128 Å². The number of nitrogens with one attached hydrogen (secondary N) is 1. The van der Waals surface area contributed by atoms with Crippen molar-refractivity contribution in [2.75, 3.05) is 18.4 Å². The number of likely N-dealkylation sites (tertiary alicyclic amines) is 1. The van der Waals surface area contributed by atoms with Crippen molar-refractivity contribution in [2.24, 2.45) is 22.6 Å². The maximum atomic E-state index is 13.2. The van der Waals surface area contributed by atoms with Gasteiger partial charge in [0.1, 0.15) is 11.9 Å². The van der Waals surface area contributed by atoms with Gasteiger partial charge in [0.25, 0.3) is 0 Å². The quantitative estimate of drug-likeness (QED) is 0.548. The van der Waals surface area contributed by atoms with Crippen molar-refractivity contribution in [3.05, 3.63) is 30.1 Å². The Morgan fingerprint density at radius 3 is 2.50 bits per heavy atom. The fourth-order valence-electron chi connectivity index (χ4n) is 4.37. The molecule has 1 saturated heterocycles. The van der Waals surface area contributed by atoms with Gasteiger partial charge in [-0.3, -0.25) is 14.6 Å². The van der Waals surface area contributed by atoms with E-state index < -0.39 is 24.2 Å². The fourth-order valence-corrected chi connectivity index (χ4v) is 5.74. The number of halogens is 1. The summed E-state index contributed by atoms with van der Waals surface area (Å²) in [6.07, 6.45) is -0.872. The summed E-state index contributed by atoms with van der Waals surface area (Å²) in [5, 5.41) is 24.1. The lowest BCUT2D eigenvalue weighted by Crippen LogP contribution is -2.55. The monoisotopic (exact) mass is 436 g/mol. The van der Waals surface area contributed by atoms with Gasteiger partial charge < -0.3 is 26.2 Å². The zero-order chi connectivity index (χ0) is 21.4. The number of thioether (sulfide) groups is 1. The number of hydrogen-bond acceptors (Lipinski definition) is 7. The number of primary amides is 1. The molecule has 5 atom stereocenters. The van der Waals surface area contributed by atoms with Crippen molar-refractivity contribution in [3.8, 4) is 0 Å². The van der Waals surface area contributed by atoms with E-state index in [0.717, 1.165) is 0 Å². The van der Waals surface area contributed by atoms with Crippen molar-refractivity contribution in [1.29, 1.82) is 0 Å². The summed E-state index contributed by atoms with van der Waals surface area (Å²) in [6.45, 7) is 0.899. The second kappa shape index (κ2) is 8.52. The molecule has 0 radical (unpaired) electrons. The summed E-state index contributed by atoms with van der Waals surface area (Å²) in [5.74, 6) is -1.49. The van der Waals surface area contributed by atoms with Crippen LogP contribution in [0.2, 0.25) is 0 Å². The molecule has 0 bridgehead atoms. The van der Waals surface area contributed by atoms with Gasteiger partial charge in [-0.25, -0.2) is 4.39 Å². The Balaban J connectivity index is 1.46. The minimum Gasteiger partial charge on any atom is -0.390 e. The third-order valence-electron chi connectivity index (χ3n) is 6.11. The molecular weight excluding hydrogens is 411 g/mol. The van der Waals surface area contributed by atoms with Gasteiger partial charge in [-0.05, 0) is 43.5 Å². The minimum absolute atomic E-state index is 0.0930. The Morgan fingerprint density at radius 2 is 1.87 bits per heavy atom. The van der Waals surface area contributed by atoms with Crippen LogP contribution in [0.1, 0.15) is 19.3 Å². The summed E-state index contributed by atoms with van der Waals surface area (Å²) in [4.78, 5) is 30.8. The lowest BCUT2D eigenvalue weighted by Gasteiger charge is -2.40. The number of nitrogens with zero attached hydrogens (tertiary/aromatic N) is 2. The third kappa shape index (κ3) is 4.17. The molecule has 0 spiro atoms. The maximum Gasteiger partial charge on any atom is 0.227 e. The molecule has 0 aromatic heterocycles. The molecule has 1 aliphatic carbocycles. The Hall–Kier alpha value is -2.17. The van der Waals surface area contributed by atoms with E-state index in [-0.39, 0.29) is 35.2 Å². The largest absolute Gasteiger partial charge is 0.390 e. The van der Waals surface area contributed by atoms with Gasteiger partial charge in [0.15, 0.2) is 5.17 Å². The van der Waals surface area contributed by atoms with Gasteiger partial charge >= 0.3 is 0 Å². The van der Waals surface area contributed by atoms with Crippen LogP contribution in [0, 0.1) is 17.7 Å². The average Bonchev–Trinajstić information content (AvgIpc) is 3.16. The highest BCUT2D eigenvalue weighted by Gasteiger charge is 2.51. The van der Waals surface area contributed by atoms with Gasteiger partial charge in [0, 0.05) is 29.9 Å². The number of nitrogens with two attached hydrogens (primary N) is 1. The highest BCUT2D eigenvalue weighted by molar-refractivity contribution is 8.15. The van der Waals surface area contributed by atoms with Gasteiger partial charge in [-0.1, -0.05) is 11.8 Å². The minimum atomic E-state index is -1.06. The van der Waals surface area contributed by atoms with E-state index in [1.165, 1.54) is 23.9 Å². The summed E-state index contributed by atoms with van der Waals surface area (Å²) >= 11 is 1.36. The first-order chi connectivity index (χ1) is 14.3. The molecule has 0 unspecified atom stereocenters. The Labute approximate surface area is 177 Å². The van der Waals surface area contributed by atoms with E-state index >= 15 is 0 Å². The zero-order valence-electron chi connectivity index (χ0n) is 16.3. The number of amides is 2. The molecule has 8 nitrogen and oxygen atoms in total. The van der Waals surface area contributed by atoms with Crippen LogP contribution in [0.4, 0.5) is 10.1 Å². The highest BCUT2D eigenvalue weighted by Crippen LogP contribution is 2.42. The molecular formula is C20H25FN4O4S. The number of carbonyl (C=O) groups is 2. The molecule has 3 aliphatic rings. The van der Waals surface area contributed by atoms with Crippen molar-refractivity contribution < 1.29 is 24.2 Å². The Kier molecular flexibility index (Phi) is 5.99. The fraction of sp³-hybridized carbons (Fsp3) is 0.550. The van der Waals surface area contributed by atoms with Gasteiger partial charge in [0.05, 0.1) is 18.1 Å². The van der Waals surface area contributed by atoms with Crippen LogP contribution in [0.25, 0.3) is 0 Å². The van der Waals surface area contributed by atoms with Gasteiger partial charge in [0.2, 0.25) is 11.8 Å². The molecule has 2 fully saturated rings. The number of rotatable bonds is 3. The number of hydrogen-bond donors (Lipinski definition) is 4. The molecule has 30 heavy (non-hydrogen) atoms. The number of piperidine rings is 1. The molecule has 1 aromatic carbocycles. The van der Waals surface area contributed by atoms with E-state index in [1.807, 2.05) is 0 Å².